The molecular weight excluding hydrogens is 260 g/mol. The van der Waals surface area contributed by atoms with Crippen LogP contribution in [0.1, 0.15) is 84.0 Å². The zero-order valence-corrected chi connectivity index (χ0v) is 13.9. The molecule has 0 heterocycles. The summed E-state index contributed by atoms with van der Waals surface area (Å²) in [5.74, 6) is -0.0879. The highest BCUT2D eigenvalue weighted by Crippen LogP contribution is 2.09. The van der Waals surface area contributed by atoms with E-state index in [1.54, 1.807) is 0 Å². The lowest BCUT2D eigenvalue weighted by molar-refractivity contribution is -0.143. The molecule has 0 amide bonds. The highest BCUT2D eigenvalue weighted by atomic mass is 16.5. The van der Waals surface area contributed by atoms with Crippen LogP contribution in [0.4, 0.5) is 0 Å². The zero-order valence-electron chi connectivity index (χ0n) is 13.9. The van der Waals surface area contributed by atoms with Crippen LogP contribution in [-0.2, 0) is 9.53 Å². The summed E-state index contributed by atoms with van der Waals surface area (Å²) in [7, 11) is 0. The average molecular weight is 294 g/mol. The van der Waals surface area contributed by atoms with Crippen LogP contribution >= 0.6 is 0 Å². The molecule has 0 saturated carbocycles. The first-order valence-electron chi connectivity index (χ1n) is 8.72. The lowest BCUT2D eigenvalue weighted by Gasteiger charge is -2.01. The smallest absolute Gasteiger partial charge is 0.305 e. The van der Waals surface area contributed by atoms with Gasteiger partial charge in [-0.3, -0.25) is 4.79 Å². The largest absolute Gasteiger partial charge is 0.466 e. The maximum Gasteiger partial charge on any atom is 0.305 e. The minimum absolute atomic E-state index is 0.0879. The predicted molar refractivity (Wildman–Crippen MR) is 91.4 cm³/mol. The fourth-order valence-corrected chi connectivity index (χ4v) is 2.15. The van der Waals surface area contributed by atoms with Gasteiger partial charge in [-0.05, 0) is 44.9 Å². The lowest BCUT2D eigenvalue weighted by atomic mass is 10.1. The number of esters is 1. The molecule has 0 N–H and O–H groups in total. The van der Waals surface area contributed by atoms with E-state index in [0.29, 0.717) is 13.0 Å². The van der Waals surface area contributed by atoms with Crippen LogP contribution in [-0.4, -0.2) is 12.6 Å². The molecule has 0 spiro atoms. The summed E-state index contributed by atoms with van der Waals surface area (Å²) in [5.41, 5.74) is 0. The van der Waals surface area contributed by atoms with Gasteiger partial charge in [-0.1, -0.05) is 50.8 Å². The number of hydrogen-bond acceptors (Lipinski definition) is 2. The number of carbonyl (C=O) groups is 1. The van der Waals surface area contributed by atoms with E-state index in [1.165, 1.54) is 51.4 Å². The third-order valence-electron chi connectivity index (χ3n) is 3.51. The molecule has 21 heavy (non-hydrogen) atoms. The molecule has 0 radical (unpaired) electrons. The molecule has 0 aliphatic rings. The molecule has 0 unspecified atom stereocenters. The van der Waals surface area contributed by atoms with Crippen LogP contribution in [0.5, 0.6) is 0 Å². The normalized spacial score (nSPS) is 10.9. The first kappa shape index (κ1) is 19.9. The van der Waals surface area contributed by atoms with Crippen molar-refractivity contribution in [1.29, 1.82) is 0 Å². The van der Waals surface area contributed by atoms with E-state index in [2.05, 4.69) is 18.7 Å². The minimum Gasteiger partial charge on any atom is -0.466 e. The van der Waals surface area contributed by atoms with E-state index in [1.807, 2.05) is 13.0 Å². The summed E-state index contributed by atoms with van der Waals surface area (Å²) in [6.07, 6.45) is 20.7. The van der Waals surface area contributed by atoms with Gasteiger partial charge in [0.05, 0.1) is 6.61 Å². The summed E-state index contributed by atoms with van der Waals surface area (Å²) < 4.78 is 5.03. The molecule has 0 aromatic carbocycles. The second kappa shape index (κ2) is 17.0. The van der Waals surface area contributed by atoms with Gasteiger partial charge in [0, 0.05) is 6.42 Å². The Morgan fingerprint density at radius 1 is 0.857 bits per heavy atom. The summed E-state index contributed by atoms with van der Waals surface area (Å²) >= 11 is 0. The maximum absolute atomic E-state index is 10.9. The molecule has 0 aliphatic heterocycles. The number of hydrogen-bond donors (Lipinski definition) is 0. The standard InChI is InChI=1S/C19H34O2/c1-3-5-6-7-8-9-10-11-12-13-14-15-16-17-18-21-19(20)4-2/h3,13-14H,1,4-12,15-18H2,2H3. The molecule has 0 aliphatic carbocycles. The lowest BCUT2D eigenvalue weighted by Crippen LogP contribution is -2.03. The van der Waals surface area contributed by atoms with Crippen LogP contribution in [0.2, 0.25) is 0 Å². The summed E-state index contributed by atoms with van der Waals surface area (Å²) in [6, 6.07) is 0. The topological polar surface area (TPSA) is 26.3 Å². The molecule has 2 nitrogen and oxygen atoms in total. The van der Waals surface area contributed by atoms with E-state index >= 15 is 0 Å². The van der Waals surface area contributed by atoms with Gasteiger partial charge in [-0.25, -0.2) is 0 Å². The first-order chi connectivity index (χ1) is 10.3. The van der Waals surface area contributed by atoms with E-state index in [0.717, 1.165) is 19.3 Å². The Bertz CT molecular complexity index is 269. The Kier molecular flexibility index (Phi) is 16.2. The maximum atomic E-state index is 10.9. The van der Waals surface area contributed by atoms with Crippen molar-refractivity contribution in [1.82, 2.24) is 0 Å². The second-order valence-corrected chi connectivity index (χ2v) is 5.53. The van der Waals surface area contributed by atoms with Gasteiger partial charge in [0.15, 0.2) is 0 Å². The SMILES string of the molecule is C=CCCCCCCCCC=CCCCCOC(=O)CC. The molecule has 0 saturated heterocycles. The minimum atomic E-state index is -0.0879. The third-order valence-corrected chi connectivity index (χ3v) is 3.51. The number of rotatable bonds is 15. The first-order valence-corrected chi connectivity index (χ1v) is 8.72. The van der Waals surface area contributed by atoms with Crippen molar-refractivity contribution >= 4 is 5.97 Å². The van der Waals surface area contributed by atoms with Gasteiger partial charge in [0.1, 0.15) is 0 Å². The highest BCUT2D eigenvalue weighted by Gasteiger charge is 1.96. The summed E-state index contributed by atoms with van der Waals surface area (Å²) in [6.45, 7) is 6.14. The van der Waals surface area contributed by atoms with Crippen LogP contribution in [0.3, 0.4) is 0 Å². The quantitative estimate of drug-likeness (QED) is 0.211. The van der Waals surface area contributed by atoms with E-state index < -0.39 is 0 Å². The van der Waals surface area contributed by atoms with Crippen molar-refractivity contribution in [2.24, 2.45) is 0 Å². The van der Waals surface area contributed by atoms with E-state index in [4.69, 9.17) is 4.74 Å². The fraction of sp³-hybridized carbons (Fsp3) is 0.737. The number of ether oxygens (including phenoxy) is 1. The van der Waals surface area contributed by atoms with Crippen molar-refractivity contribution in [2.75, 3.05) is 6.61 Å². The van der Waals surface area contributed by atoms with Crippen molar-refractivity contribution in [2.45, 2.75) is 84.0 Å². The van der Waals surface area contributed by atoms with E-state index in [-0.39, 0.29) is 5.97 Å². The van der Waals surface area contributed by atoms with E-state index in [9.17, 15) is 4.79 Å². The molecule has 2 heteroatoms. The molecule has 0 atom stereocenters. The van der Waals surface area contributed by atoms with Gasteiger partial charge in [0.2, 0.25) is 0 Å². The molecule has 0 aromatic heterocycles. The molecular formula is C19H34O2. The summed E-state index contributed by atoms with van der Waals surface area (Å²) in [5, 5.41) is 0. The van der Waals surface area contributed by atoms with Gasteiger partial charge in [0.25, 0.3) is 0 Å². The van der Waals surface area contributed by atoms with Gasteiger partial charge in [-0.15, -0.1) is 6.58 Å². The van der Waals surface area contributed by atoms with Gasteiger partial charge >= 0.3 is 5.97 Å². The Hall–Kier alpha value is -1.05. The number of carbonyl (C=O) groups excluding carboxylic acids is 1. The third kappa shape index (κ3) is 16.9. The Balaban J connectivity index is 3.12. The Morgan fingerprint density at radius 3 is 1.95 bits per heavy atom. The van der Waals surface area contributed by atoms with Crippen molar-refractivity contribution in [3.63, 3.8) is 0 Å². The molecule has 122 valence electrons. The number of allylic oxidation sites excluding steroid dienone is 3. The molecule has 0 rings (SSSR count). The van der Waals surface area contributed by atoms with Crippen LogP contribution in [0, 0.1) is 0 Å². The van der Waals surface area contributed by atoms with Crippen molar-refractivity contribution in [3.8, 4) is 0 Å². The zero-order chi connectivity index (χ0) is 15.6. The van der Waals surface area contributed by atoms with Gasteiger partial charge in [-0.2, -0.15) is 0 Å². The van der Waals surface area contributed by atoms with Gasteiger partial charge < -0.3 is 4.74 Å². The highest BCUT2D eigenvalue weighted by molar-refractivity contribution is 5.68. The monoisotopic (exact) mass is 294 g/mol. The number of unbranched alkanes of at least 4 members (excludes halogenated alkanes) is 9. The van der Waals surface area contributed by atoms with Crippen molar-refractivity contribution in [3.05, 3.63) is 24.8 Å². The molecule has 0 bridgehead atoms. The Morgan fingerprint density at radius 2 is 1.38 bits per heavy atom. The van der Waals surface area contributed by atoms with Crippen LogP contribution in [0.15, 0.2) is 24.8 Å². The second-order valence-electron chi connectivity index (χ2n) is 5.53. The molecule has 0 fully saturated rings. The predicted octanol–water partition coefficient (Wildman–Crippen LogP) is 5.97. The Labute approximate surface area is 131 Å². The van der Waals surface area contributed by atoms with Crippen LogP contribution in [0.25, 0.3) is 0 Å². The molecule has 0 aromatic rings. The van der Waals surface area contributed by atoms with Crippen molar-refractivity contribution < 1.29 is 9.53 Å². The van der Waals surface area contributed by atoms with Crippen LogP contribution < -0.4 is 0 Å². The average Bonchev–Trinajstić information content (AvgIpc) is 2.50. The fourth-order valence-electron chi connectivity index (χ4n) is 2.15. The summed E-state index contributed by atoms with van der Waals surface area (Å²) in [4.78, 5) is 10.9.